The van der Waals surface area contributed by atoms with Crippen molar-refractivity contribution in [2.45, 2.75) is 13.5 Å². The first-order valence-corrected chi connectivity index (χ1v) is 8.00. The maximum Gasteiger partial charge on any atom is 0.262 e. The van der Waals surface area contributed by atoms with Crippen LogP contribution in [0.5, 0.6) is 5.75 Å². The molecule has 0 aliphatic rings. The van der Waals surface area contributed by atoms with Gasteiger partial charge in [0.05, 0.1) is 11.2 Å². The fraction of sp³-hybridized carbons (Fsp3) is 0.158. The van der Waals surface area contributed by atoms with Crippen molar-refractivity contribution in [1.29, 1.82) is 0 Å². The van der Waals surface area contributed by atoms with Crippen LogP contribution in [0, 0.1) is 11.6 Å². The number of anilines is 1. The molecule has 0 aliphatic heterocycles. The van der Waals surface area contributed by atoms with Crippen molar-refractivity contribution in [2.75, 3.05) is 11.9 Å². The quantitative estimate of drug-likeness (QED) is 0.761. The first-order chi connectivity index (χ1) is 12.5. The van der Waals surface area contributed by atoms with Gasteiger partial charge in [0.2, 0.25) is 0 Å². The predicted molar refractivity (Wildman–Crippen MR) is 94.4 cm³/mol. The second-order valence-corrected chi connectivity index (χ2v) is 5.57. The Morgan fingerprint density at radius 2 is 1.92 bits per heavy atom. The lowest BCUT2D eigenvalue weighted by Crippen LogP contribution is -2.23. The van der Waals surface area contributed by atoms with Crippen molar-refractivity contribution < 1.29 is 18.3 Å². The fourth-order valence-corrected chi connectivity index (χ4v) is 2.67. The van der Waals surface area contributed by atoms with Gasteiger partial charge in [0.15, 0.2) is 6.61 Å². The van der Waals surface area contributed by atoms with Crippen LogP contribution in [0.2, 0.25) is 0 Å². The molecule has 0 saturated carbocycles. The lowest BCUT2D eigenvalue weighted by atomic mass is 10.2. The number of fused-ring (bicyclic) bond motifs is 1. The van der Waals surface area contributed by atoms with Crippen LogP contribution in [-0.2, 0) is 11.3 Å². The van der Waals surface area contributed by atoms with Crippen LogP contribution in [-0.4, -0.2) is 17.1 Å². The summed E-state index contributed by atoms with van der Waals surface area (Å²) in [6.07, 6.45) is 0. The smallest absolute Gasteiger partial charge is 0.262 e. The van der Waals surface area contributed by atoms with E-state index in [0.717, 1.165) is 12.1 Å². The van der Waals surface area contributed by atoms with Gasteiger partial charge in [-0.05, 0) is 31.2 Å². The SMILES string of the molecule is CCn1c(=O)cc(OCC(=O)Nc2ccc(F)cc2F)c2ccccc21. The van der Waals surface area contributed by atoms with E-state index in [4.69, 9.17) is 4.74 Å². The number of aryl methyl sites for hydroxylation is 1. The molecule has 0 bridgehead atoms. The van der Waals surface area contributed by atoms with Crippen LogP contribution in [0.3, 0.4) is 0 Å². The third-order valence-corrected chi connectivity index (χ3v) is 3.86. The monoisotopic (exact) mass is 358 g/mol. The Balaban J connectivity index is 1.79. The lowest BCUT2D eigenvalue weighted by Gasteiger charge is -2.13. The van der Waals surface area contributed by atoms with E-state index in [2.05, 4.69) is 5.32 Å². The molecule has 0 radical (unpaired) electrons. The summed E-state index contributed by atoms with van der Waals surface area (Å²) in [7, 11) is 0. The molecule has 0 aliphatic carbocycles. The number of ether oxygens (including phenoxy) is 1. The molecule has 0 saturated heterocycles. The highest BCUT2D eigenvalue weighted by Gasteiger charge is 2.12. The number of carbonyl (C=O) groups excluding carboxylic acids is 1. The number of hydrogen-bond donors (Lipinski definition) is 1. The molecule has 3 aromatic rings. The van der Waals surface area contributed by atoms with E-state index >= 15 is 0 Å². The predicted octanol–water partition coefficient (Wildman–Crippen LogP) is 3.32. The van der Waals surface area contributed by atoms with Crippen molar-refractivity contribution in [3.63, 3.8) is 0 Å². The summed E-state index contributed by atoms with van der Waals surface area (Å²) in [5, 5.41) is 2.99. The number of rotatable bonds is 5. The molecule has 5 nitrogen and oxygen atoms in total. The molecule has 1 heterocycles. The summed E-state index contributed by atoms with van der Waals surface area (Å²) in [5.74, 6) is -1.97. The Hall–Kier alpha value is -3.22. The van der Waals surface area contributed by atoms with Gasteiger partial charge in [-0.15, -0.1) is 0 Å². The summed E-state index contributed by atoms with van der Waals surface area (Å²) in [6.45, 7) is 1.94. The Bertz CT molecular complexity index is 1030. The molecule has 1 amide bonds. The van der Waals surface area contributed by atoms with Gasteiger partial charge in [-0.25, -0.2) is 8.78 Å². The second-order valence-electron chi connectivity index (χ2n) is 5.57. The number of pyridine rings is 1. The first-order valence-electron chi connectivity index (χ1n) is 8.00. The zero-order chi connectivity index (χ0) is 18.7. The number of carbonyl (C=O) groups is 1. The average molecular weight is 358 g/mol. The summed E-state index contributed by atoms with van der Waals surface area (Å²) in [5.41, 5.74) is 0.305. The molecule has 0 unspecified atom stereocenters. The van der Waals surface area contributed by atoms with Crippen LogP contribution in [0.15, 0.2) is 53.3 Å². The van der Waals surface area contributed by atoms with Crippen LogP contribution < -0.4 is 15.6 Å². The first kappa shape index (κ1) is 17.6. The lowest BCUT2D eigenvalue weighted by molar-refractivity contribution is -0.118. The highest BCUT2D eigenvalue weighted by Crippen LogP contribution is 2.23. The molecular formula is C19H16F2N2O3. The van der Waals surface area contributed by atoms with Crippen LogP contribution in [0.1, 0.15) is 6.92 Å². The van der Waals surface area contributed by atoms with Gasteiger partial charge in [-0.2, -0.15) is 0 Å². The second kappa shape index (κ2) is 7.35. The number of nitrogens with one attached hydrogen (secondary N) is 1. The number of para-hydroxylation sites is 1. The Morgan fingerprint density at radius 1 is 1.15 bits per heavy atom. The molecule has 3 rings (SSSR count). The largest absolute Gasteiger partial charge is 0.483 e. The van der Waals surface area contributed by atoms with Gasteiger partial charge in [0, 0.05) is 24.1 Å². The number of aromatic nitrogens is 1. The molecule has 2 aromatic carbocycles. The van der Waals surface area contributed by atoms with Gasteiger partial charge >= 0.3 is 0 Å². The normalized spacial score (nSPS) is 10.7. The van der Waals surface area contributed by atoms with Gasteiger partial charge in [-0.3, -0.25) is 9.59 Å². The maximum absolute atomic E-state index is 13.6. The Labute approximate surface area is 147 Å². The fourth-order valence-electron chi connectivity index (χ4n) is 2.67. The topological polar surface area (TPSA) is 60.3 Å². The van der Waals surface area contributed by atoms with Crippen molar-refractivity contribution >= 4 is 22.5 Å². The zero-order valence-electron chi connectivity index (χ0n) is 14.0. The molecule has 7 heteroatoms. The number of hydrogen-bond acceptors (Lipinski definition) is 3. The Morgan fingerprint density at radius 3 is 2.65 bits per heavy atom. The van der Waals surface area contributed by atoms with E-state index in [1.807, 2.05) is 13.0 Å². The molecule has 0 atom stereocenters. The third kappa shape index (κ3) is 3.56. The molecule has 0 spiro atoms. The van der Waals surface area contributed by atoms with Gasteiger partial charge in [-0.1, -0.05) is 12.1 Å². The Kier molecular flexibility index (Phi) is 4.97. The van der Waals surface area contributed by atoms with Gasteiger partial charge in [0.25, 0.3) is 11.5 Å². The molecule has 26 heavy (non-hydrogen) atoms. The summed E-state index contributed by atoms with van der Waals surface area (Å²) in [6, 6.07) is 11.3. The molecule has 1 N–H and O–H groups in total. The van der Waals surface area contributed by atoms with E-state index in [-0.39, 0.29) is 17.0 Å². The highest BCUT2D eigenvalue weighted by molar-refractivity contribution is 5.92. The maximum atomic E-state index is 13.6. The average Bonchev–Trinajstić information content (AvgIpc) is 2.62. The summed E-state index contributed by atoms with van der Waals surface area (Å²) < 4.78 is 33.5. The van der Waals surface area contributed by atoms with E-state index in [1.54, 1.807) is 22.8 Å². The third-order valence-electron chi connectivity index (χ3n) is 3.86. The van der Waals surface area contributed by atoms with Crippen molar-refractivity contribution in [3.05, 3.63) is 70.5 Å². The van der Waals surface area contributed by atoms with E-state index in [0.29, 0.717) is 23.5 Å². The number of nitrogens with zero attached hydrogens (tertiary/aromatic N) is 1. The minimum Gasteiger partial charge on any atom is -0.483 e. The van der Waals surface area contributed by atoms with Gasteiger partial charge in [0.1, 0.15) is 17.4 Å². The van der Waals surface area contributed by atoms with Crippen LogP contribution in [0.25, 0.3) is 10.9 Å². The van der Waals surface area contributed by atoms with Crippen molar-refractivity contribution in [1.82, 2.24) is 4.57 Å². The van der Waals surface area contributed by atoms with E-state index in [1.165, 1.54) is 6.07 Å². The number of amides is 1. The van der Waals surface area contributed by atoms with Crippen molar-refractivity contribution in [3.8, 4) is 5.75 Å². The number of halogens is 2. The molecule has 134 valence electrons. The van der Waals surface area contributed by atoms with Crippen molar-refractivity contribution in [2.24, 2.45) is 0 Å². The summed E-state index contributed by atoms with van der Waals surface area (Å²) >= 11 is 0. The van der Waals surface area contributed by atoms with Crippen LogP contribution in [0.4, 0.5) is 14.5 Å². The molecule has 1 aromatic heterocycles. The number of benzene rings is 2. The van der Waals surface area contributed by atoms with E-state index in [9.17, 15) is 18.4 Å². The minimum absolute atomic E-state index is 0.147. The van der Waals surface area contributed by atoms with E-state index < -0.39 is 24.1 Å². The standard InChI is InChI=1S/C19H16F2N2O3/c1-2-23-16-6-4-3-5-13(16)17(10-19(23)25)26-11-18(24)22-15-8-7-12(20)9-14(15)21/h3-10H,2,11H2,1H3,(H,22,24). The highest BCUT2D eigenvalue weighted by atomic mass is 19.1. The van der Waals surface area contributed by atoms with Gasteiger partial charge < -0.3 is 14.6 Å². The molecule has 0 fully saturated rings. The van der Waals surface area contributed by atoms with Crippen LogP contribution >= 0.6 is 0 Å². The minimum atomic E-state index is -0.880. The zero-order valence-corrected chi connectivity index (χ0v) is 14.0. The molecular weight excluding hydrogens is 342 g/mol. The summed E-state index contributed by atoms with van der Waals surface area (Å²) in [4.78, 5) is 24.2.